The summed E-state index contributed by atoms with van der Waals surface area (Å²) in [6.07, 6.45) is 5.35. The summed E-state index contributed by atoms with van der Waals surface area (Å²) >= 11 is 0. The Morgan fingerprint density at radius 3 is 2.15 bits per heavy atom. The molecule has 2 aromatic carbocycles. The summed E-state index contributed by atoms with van der Waals surface area (Å²) < 4.78 is 0. The van der Waals surface area contributed by atoms with Crippen molar-refractivity contribution in [3.05, 3.63) is 72.6 Å². The van der Waals surface area contributed by atoms with E-state index in [0.717, 1.165) is 29.8 Å². The van der Waals surface area contributed by atoms with Crippen LogP contribution in [0.15, 0.2) is 72.1 Å². The SMILES string of the molecule is CCN(CC)c1ccc(/C=N/Nc2ncc(-c3ccccc3)cn2)cc1. The van der Waals surface area contributed by atoms with Crippen molar-refractivity contribution in [1.82, 2.24) is 9.97 Å². The monoisotopic (exact) mass is 345 g/mol. The Labute approximate surface area is 154 Å². The number of aromatic nitrogens is 2. The molecule has 0 amide bonds. The van der Waals surface area contributed by atoms with Crippen LogP contribution in [-0.4, -0.2) is 29.3 Å². The highest BCUT2D eigenvalue weighted by molar-refractivity contribution is 5.80. The lowest BCUT2D eigenvalue weighted by Crippen LogP contribution is -2.21. The lowest BCUT2D eigenvalue weighted by molar-refractivity contribution is 0.866. The van der Waals surface area contributed by atoms with E-state index in [0.29, 0.717) is 5.95 Å². The number of hydrogen-bond acceptors (Lipinski definition) is 5. The minimum atomic E-state index is 0.473. The third-order valence-corrected chi connectivity index (χ3v) is 4.16. The third kappa shape index (κ3) is 4.45. The van der Waals surface area contributed by atoms with Crippen molar-refractivity contribution in [3.63, 3.8) is 0 Å². The quantitative estimate of drug-likeness (QED) is 0.508. The van der Waals surface area contributed by atoms with Gasteiger partial charge >= 0.3 is 0 Å². The number of benzene rings is 2. The number of hydrogen-bond donors (Lipinski definition) is 1. The van der Waals surface area contributed by atoms with Gasteiger partial charge in [0.25, 0.3) is 0 Å². The molecule has 3 aromatic rings. The van der Waals surface area contributed by atoms with Crippen molar-refractivity contribution in [2.75, 3.05) is 23.4 Å². The van der Waals surface area contributed by atoms with E-state index in [1.54, 1.807) is 18.6 Å². The number of rotatable bonds is 7. The number of nitrogens with one attached hydrogen (secondary N) is 1. The first-order valence-corrected chi connectivity index (χ1v) is 8.81. The summed E-state index contributed by atoms with van der Waals surface area (Å²) in [7, 11) is 0. The van der Waals surface area contributed by atoms with Gasteiger partial charge in [-0.3, -0.25) is 0 Å². The van der Waals surface area contributed by atoms with Crippen LogP contribution < -0.4 is 10.3 Å². The van der Waals surface area contributed by atoms with Crippen LogP contribution in [0.5, 0.6) is 0 Å². The average Bonchev–Trinajstić information content (AvgIpc) is 2.71. The van der Waals surface area contributed by atoms with Gasteiger partial charge in [0.1, 0.15) is 0 Å². The zero-order chi connectivity index (χ0) is 18.2. The van der Waals surface area contributed by atoms with Crippen LogP contribution in [0.1, 0.15) is 19.4 Å². The van der Waals surface area contributed by atoms with Gasteiger partial charge in [0, 0.05) is 36.7 Å². The van der Waals surface area contributed by atoms with Crippen molar-refractivity contribution in [2.24, 2.45) is 5.10 Å². The molecule has 0 aliphatic rings. The van der Waals surface area contributed by atoms with E-state index in [1.165, 1.54) is 5.69 Å². The summed E-state index contributed by atoms with van der Waals surface area (Å²) in [4.78, 5) is 10.9. The number of hydrazone groups is 1. The van der Waals surface area contributed by atoms with E-state index in [2.05, 4.69) is 63.5 Å². The van der Waals surface area contributed by atoms with Crippen molar-refractivity contribution in [2.45, 2.75) is 13.8 Å². The highest BCUT2D eigenvalue weighted by Gasteiger charge is 2.01. The highest BCUT2D eigenvalue weighted by Crippen LogP contribution is 2.17. The average molecular weight is 345 g/mol. The van der Waals surface area contributed by atoms with Gasteiger partial charge in [-0.1, -0.05) is 42.5 Å². The van der Waals surface area contributed by atoms with E-state index in [9.17, 15) is 0 Å². The first-order chi connectivity index (χ1) is 12.8. The highest BCUT2D eigenvalue weighted by atomic mass is 15.3. The molecule has 0 bridgehead atoms. The zero-order valence-corrected chi connectivity index (χ0v) is 15.1. The Balaban J connectivity index is 1.60. The largest absolute Gasteiger partial charge is 0.372 e. The molecule has 1 N–H and O–H groups in total. The second-order valence-electron chi connectivity index (χ2n) is 5.80. The van der Waals surface area contributed by atoms with E-state index in [-0.39, 0.29) is 0 Å². The minimum absolute atomic E-state index is 0.473. The van der Waals surface area contributed by atoms with Gasteiger partial charge in [0.2, 0.25) is 5.95 Å². The zero-order valence-electron chi connectivity index (χ0n) is 15.1. The van der Waals surface area contributed by atoms with Gasteiger partial charge in [0.05, 0.1) is 6.21 Å². The topological polar surface area (TPSA) is 53.4 Å². The molecule has 0 saturated heterocycles. The van der Waals surface area contributed by atoms with Gasteiger partial charge in [-0.05, 0) is 37.1 Å². The smallest absolute Gasteiger partial charge is 0.243 e. The summed E-state index contributed by atoms with van der Waals surface area (Å²) in [6, 6.07) is 18.4. The van der Waals surface area contributed by atoms with E-state index in [1.807, 2.05) is 30.3 Å². The molecule has 0 radical (unpaired) electrons. The van der Waals surface area contributed by atoms with Gasteiger partial charge < -0.3 is 4.90 Å². The molecule has 26 heavy (non-hydrogen) atoms. The molecule has 0 unspecified atom stereocenters. The summed E-state index contributed by atoms with van der Waals surface area (Å²) in [5.74, 6) is 0.473. The Bertz CT molecular complexity index is 823. The molecular weight excluding hydrogens is 322 g/mol. The second-order valence-corrected chi connectivity index (χ2v) is 5.80. The lowest BCUT2D eigenvalue weighted by atomic mass is 10.1. The minimum Gasteiger partial charge on any atom is -0.372 e. The Morgan fingerprint density at radius 2 is 1.54 bits per heavy atom. The number of nitrogens with zero attached hydrogens (tertiary/aromatic N) is 4. The second kappa shape index (κ2) is 8.76. The molecule has 0 saturated carbocycles. The number of anilines is 2. The van der Waals surface area contributed by atoms with Crippen LogP contribution in [0, 0.1) is 0 Å². The van der Waals surface area contributed by atoms with Crippen LogP contribution >= 0.6 is 0 Å². The molecule has 1 heterocycles. The van der Waals surface area contributed by atoms with Crippen molar-refractivity contribution < 1.29 is 0 Å². The van der Waals surface area contributed by atoms with Crippen LogP contribution in [0.3, 0.4) is 0 Å². The summed E-state index contributed by atoms with van der Waals surface area (Å²) in [5.41, 5.74) is 7.19. The van der Waals surface area contributed by atoms with E-state index in [4.69, 9.17) is 0 Å². The van der Waals surface area contributed by atoms with E-state index < -0.39 is 0 Å². The lowest BCUT2D eigenvalue weighted by Gasteiger charge is -2.20. The first kappa shape index (κ1) is 17.6. The van der Waals surface area contributed by atoms with Crippen LogP contribution in [0.4, 0.5) is 11.6 Å². The normalized spacial score (nSPS) is 10.8. The predicted octanol–water partition coefficient (Wildman–Crippen LogP) is 4.44. The molecule has 0 fully saturated rings. The van der Waals surface area contributed by atoms with Gasteiger partial charge in [-0.15, -0.1) is 0 Å². The van der Waals surface area contributed by atoms with Crippen molar-refractivity contribution >= 4 is 17.9 Å². The third-order valence-electron chi connectivity index (χ3n) is 4.16. The predicted molar refractivity (Wildman–Crippen MR) is 109 cm³/mol. The molecule has 5 nitrogen and oxygen atoms in total. The van der Waals surface area contributed by atoms with Gasteiger partial charge in [-0.2, -0.15) is 5.10 Å². The van der Waals surface area contributed by atoms with Gasteiger partial charge in [-0.25, -0.2) is 15.4 Å². The maximum atomic E-state index is 4.30. The Morgan fingerprint density at radius 1 is 0.885 bits per heavy atom. The maximum Gasteiger partial charge on any atom is 0.243 e. The molecule has 3 rings (SSSR count). The van der Waals surface area contributed by atoms with Crippen molar-refractivity contribution in [1.29, 1.82) is 0 Å². The van der Waals surface area contributed by atoms with Gasteiger partial charge in [0.15, 0.2) is 0 Å². The fraction of sp³-hybridized carbons (Fsp3) is 0.190. The molecule has 0 atom stereocenters. The van der Waals surface area contributed by atoms with Crippen LogP contribution in [0.25, 0.3) is 11.1 Å². The summed E-state index contributed by atoms with van der Waals surface area (Å²) in [6.45, 7) is 6.32. The molecule has 0 aliphatic heterocycles. The fourth-order valence-electron chi connectivity index (χ4n) is 2.69. The Hall–Kier alpha value is -3.21. The molecule has 0 spiro atoms. The van der Waals surface area contributed by atoms with Crippen LogP contribution in [-0.2, 0) is 0 Å². The molecular formula is C21H23N5. The first-order valence-electron chi connectivity index (χ1n) is 8.81. The van der Waals surface area contributed by atoms with Crippen LogP contribution in [0.2, 0.25) is 0 Å². The summed E-state index contributed by atoms with van der Waals surface area (Å²) in [5, 5.41) is 4.22. The molecule has 5 heteroatoms. The molecule has 132 valence electrons. The van der Waals surface area contributed by atoms with Crippen molar-refractivity contribution in [3.8, 4) is 11.1 Å². The maximum absolute atomic E-state index is 4.30. The standard InChI is InChI=1S/C21H23N5/c1-3-26(4-2)20-12-10-17(11-13-20)14-24-25-21-22-15-19(16-23-21)18-8-6-5-7-9-18/h5-16H,3-4H2,1-2H3,(H,22,23,25)/b24-14+. The fourth-order valence-corrected chi connectivity index (χ4v) is 2.69. The van der Waals surface area contributed by atoms with E-state index >= 15 is 0 Å². The molecule has 1 aromatic heterocycles. The Kier molecular flexibility index (Phi) is 5.93. The molecule has 0 aliphatic carbocycles.